The molecule has 16 heavy (non-hydrogen) atoms. The van der Waals surface area contributed by atoms with Crippen molar-refractivity contribution in [2.24, 2.45) is 0 Å². The van der Waals surface area contributed by atoms with Crippen molar-refractivity contribution in [1.82, 2.24) is 0 Å². The predicted octanol–water partition coefficient (Wildman–Crippen LogP) is 5.21. The molecule has 1 aliphatic carbocycles. The zero-order valence-corrected chi connectivity index (χ0v) is 13.9. The second-order valence-corrected chi connectivity index (χ2v) is 6.10. The van der Waals surface area contributed by atoms with Crippen LogP contribution in [0.1, 0.15) is 34.6 Å². The summed E-state index contributed by atoms with van der Waals surface area (Å²) in [6, 6.07) is 0. The van der Waals surface area contributed by atoms with Gasteiger partial charge in [0, 0.05) is 0 Å². The normalized spacial score (nSPS) is 20.3. The summed E-state index contributed by atoms with van der Waals surface area (Å²) in [6.45, 7) is 17.5. The minimum atomic E-state index is -0.346. The van der Waals surface area contributed by atoms with Crippen molar-refractivity contribution in [2.75, 3.05) is 0 Å². The zero-order chi connectivity index (χ0) is 13.3. The molecule has 0 nitrogen and oxygen atoms in total. The van der Waals surface area contributed by atoms with Crippen molar-refractivity contribution in [3.63, 3.8) is 0 Å². The molecule has 1 rings (SSSR count). The third-order valence-corrected chi connectivity index (χ3v) is 2.81. The SMILES string of the molecule is C[C]1[C](C)[C](C)[C](C)[C]1C.[CH2][CH][CH2].[Cl][Ru][Cl]. The molecule has 0 aliphatic heterocycles. The van der Waals surface area contributed by atoms with Crippen molar-refractivity contribution in [3.05, 3.63) is 49.9 Å². The van der Waals surface area contributed by atoms with Gasteiger partial charge in [-0.25, -0.2) is 0 Å². The molecule has 0 unspecified atom stereocenters. The van der Waals surface area contributed by atoms with E-state index in [1.807, 2.05) is 0 Å². The monoisotopic (exact) mass is 348 g/mol. The summed E-state index contributed by atoms with van der Waals surface area (Å²) in [5.74, 6) is 7.34. The van der Waals surface area contributed by atoms with Gasteiger partial charge in [-0.05, 0) is 49.9 Å². The van der Waals surface area contributed by atoms with Crippen molar-refractivity contribution < 1.29 is 15.1 Å². The Morgan fingerprint density at radius 3 is 0.875 bits per heavy atom. The third kappa shape index (κ3) is 6.82. The Hall–Kier alpha value is 1.20. The van der Waals surface area contributed by atoms with Crippen molar-refractivity contribution in [2.45, 2.75) is 34.6 Å². The van der Waals surface area contributed by atoms with Gasteiger partial charge in [0.15, 0.2) is 0 Å². The van der Waals surface area contributed by atoms with E-state index in [-0.39, 0.29) is 15.1 Å². The fourth-order valence-electron chi connectivity index (χ4n) is 1.41. The Balaban J connectivity index is 0. The van der Waals surface area contributed by atoms with Gasteiger partial charge >= 0.3 is 34.5 Å². The van der Waals surface area contributed by atoms with Gasteiger partial charge in [0.25, 0.3) is 0 Å². The third-order valence-electron chi connectivity index (χ3n) is 2.81. The molecule has 1 fully saturated rings. The van der Waals surface area contributed by atoms with Gasteiger partial charge in [-0.3, -0.25) is 0 Å². The van der Waals surface area contributed by atoms with Gasteiger partial charge in [0.1, 0.15) is 0 Å². The van der Waals surface area contributed by atoms with Crippen molar-refractivity contribution in [1.29, 1.82) is 0 Å². The van der Waals surface area contributed by atoms with Crippen LogP contribution in [-0.4, -0.2) is 0 Å². The van der Waals surface area contributed by atoms with Gasteiger partial charge < -0.3 is 0 Å². The molecule has 8 radical (unpaired) electrons. The van der Waals surface area contributed by atoms with Gasteiger partial charge in [-0.1, -0.05) is 34.6 Å². The Morgan fingerprint density at radius 1 is 0.750 bits per heavy atom. The van der Waals surface area contributed by atoms with E-state index < -0.39 is 0 Å². The Labute approximate surface area is 119 Å². The molecule has 0 aromatic heterocycles. The van der Waals surface area contributed by atoms with E-state index in [2.05, 4.69) is 48.5 Å². The van der Waals surface area contributed by atoms with Crippen LogP contribution in [0.25, 0.3) is 0 Å². The van der Waals surface area contributed by atoms with Crippen molar-refractivity contribution in [3.8, 4) is 0 Å². The average Bonchev–Trinajstić information content (AvgIpc) is 2.39. The summed E-state index contributed by atoms with van der Waals surface area (Å²) >= 11 is -0.346. The first-order valence-electron chi connectivity index (χ1n) is 4.83. The van der Waals surface area contributed by atoms with Gasteiger partial charge in [0.2, 0.25) is 0 Å². The predicted molar refractivity (Wildman–Crippen MR) is 71.3 cm³/mol. The Bertz CT molecular complexity index is 106. The first-order chi connectivity index (χ1) is 7.38. The molecule has 0 heterocycles. The number of halogens is 2. The Morgan fingerprint density at radius 2 is 0.812 bits per heavy atom. The number of hydrogen-bond donors (Lipinski definition) is 0. The van der Waals surface area contributed by atoms with Crippen LogP contribution < -0.4 is 0 Å². The van der Waals surface area contributed by atoms with Gasteiger partial charge in [0.05, 0.1) is 0 Å². The van der Waals surface area contributed by atoms with E-state index in [1.165, 1.54) is 36.0 Å². The molecule has 3 heteroatoms. The Kier molecular flexibility index (Phi) is 13.8. The fourth-order valence-corrected chi connectivity index (χ4v) is 1.41. The molecule has 1 aliphatic rings. The minimum absolute atomic E-state index is 0.346. The first kappa shape index (κ1) is 19.5. The van der Waals surface area contributed by atoms with Crippen molar-refractivity contribution >= 4 is 19.4 Å². The summed E-state index contributed by atoms with van der Waals surface area (Å²) in [5, 5.41) is 0. The maximum absolute atomic E-state index is 4.85. The quantitative estimate of drug-likeness (QED) is 0.528. The summed E-state index contributed by atoms with van der Waals surface area (Å²) in [4.78, 5) is 0. The van der Waals surface area contributed by atoms with E-state index in [4.69, 9.17) is 19.4 Å². The zero-order valence-electron chi connectivity index (χ0n) is 10.6. The summed E-state index contributed by atoms with van der Waals surface area (Å²) < 4.78 is 0. The fraction of sp³-hybridized carbons (Fsp3) is 0.385. The topological polar surface area (TPSA) is 0 Å². The van der Waals surface area contributed by atoms with Crippen LogP contribution in [0.3, 0.4) is 0 Å². The van der Waals surface area contributed by atoms with Gasteiger partial charge in [-0.15, -0.1) is 0 Å². The molecule has 1 saturated carbocycles. The molecule has 0 atom stereocenters. The van der Waals surface area contributed by atoms with E-state index >= 15 is 0 Å². The van der Waals surface area contributed by atoms with E-state index in [0.717, 1.165) is 0 Å². The van der Waals surface area contributed by atoms with E-state index in [1.54, 1.807) is 0 Å². The molecule has 94 valence electrons. The van der Waals surface area contributed by atoms with Gasteiger partial charge in [-0.2, -0.15) is 0 Å². The molecule has 0 amide bonds. The molecule has 0 saturated heterocycles. The van der Waals surface area contributed by atoms with Crippen LogP contribution in [-0.2, 0) is 15.1 Å². The second kappa shape index (κ2) is 11.3. The summed E-state index contributed by atoms with van der Waals surface area (Å²) in [6.07, 6.45) is 1.50. The average molecular weight is 348 g/mol. The number of rotatable bonds is 0. The molecule has 0 N–H and O–H groups in total. The molecule has 0 bridgehead atoms. The van der Waals surface area contributed by atoms with E-state index in [9.17, 15) is 0 Å². The van der Waals surface area contributed by atoms with Crippen LogP contribution in [0.2, 0.25) is 0 Å². The first-order valence-corrected chi connectivity index (χ1v) is 9.31. The number of hydrogen-bond acceptors (Lipinski definition) is 0. The molecular weight excluding hydrogens is 328 g/mol. The maximum atomic E-state index is 4.85. The summed E-state index contributed by atoms with van der Waals surface area (Å²) in [7, 11) is 9.71. The van der Waals surface area contributed by atoms with E-state index in [0.29, 0.717) is 0 Å². The molecule has 0 aromatic carbocycles. The molecule has 0 spiro atoms. The van der Waals surface area contributed by atoms with Crippen LogP contribution >= 0.6 is 19.4 Å². The van der Waals surface area contributed by atoms with Crippen LogP contribution in [0.5, 0.6) is 0 Å². The van der Waals surface area contributed by atoms with Crippen LogP contribution in [0.4, 0.5) is 0 Å². The van der Waals surface area contributed by atoms with Crippen LogP contribution in [0, 0.1) is 49.9 Å². The standard InChI is InChI=1S/C10H15.C3H5.2ClH.Ru/c1-6-7(2)9(4)10(5)8(6)3;1-3-2;;;/h1-5H3;3H,1-2H2;2*1H;/q;;;;+2/p-2. The molecular formula is C13H20Cl2Ru. The molecule has 0 aromatic rings. The second-order valence-electron chi connectivity index (χ2n) is 3.46. The summed E-state index contributed by atoms with van der Waals surface area (Å²) in [5.41, 5.74) is 0. The van der Waals surface area contributed by atoms with Crippen LogP contribution in [0.15, 0.2) is 0 Å².